The standard InChI is InChI=1S/C14H21N3O4S/c1-11(22(2,20)21)10-16(14-7-8-15-9-14)12-3-5-13(6-4-12)17(18)19/h3-6,11,14-15H,7-10H2,1-2H3/t11?,14-/m0/s1. The number of nitro benzene ring substituents is 1. The van der Waals surface area contributed by atoms with E-state index < -0.39 is 20.0 Å². The zero-order chi connectivity index (χ0) is 16.3. The van der Waals surface area contributed by atoms with Gasteiger partial charge in [-0.05, 0) is 32.0 Å². The minimum absolute atomic E-state index is 0.0319. The molecule has 1 fully saturated rings. The number of nitrogens with zero attached hydrogens (tertiary/aromatic N) is 2. The van der Waals surface area contributed by atoms with E-state index in [0.717, 1.165) is 25.2 Å². The first-order chi connectivity index (χ1) is 10.3. The van der Waals surface area contributed by atoms with Crippen molar-refractivity contribution in [2.75, 3.05) is 30.8 Å². The molecule has 7 nitrogen and oxygen atoms in total. The molecule has 1 aromatic carbocycles. The van der Waals surface area contributed by atoms with Gasteiger partial charge in [-0.1, -0.05) is 0 Å². The number of benzene rings is 1. The maximum atomic E-state index is 11.7. The van der Waals surface area contributed by atoms with Crippen LogP contribution in [0.25, 0.3) is 0 Å². The van der Waals surface area contributed by atoms with Crippen molar-refractivity contribution >= 4 is 21.2 Å². The van der Waals surface area contributed by atoms with Gasteiger partial charge < -0.3 is 10.2 Å². The van der Waals surface area contributed by atoms with Crippen LogP contribution in [0, 0.1) is 10.1 Å². The predicted molar refractivity (Wildman–Crippen MR) is 86.0 cm³/mol. The summed E-state index contributed by atoms with van der Waals surface area (Å²) in [5.41, 5.74) is 0.846. The van der Waals surface area contributed by atoms with Crippen molar-refractivity contribution in [3.8, 4) is 0 Å². The van der Waals surface area contributed by atoms with Gasteiger partial charge in [0.1, 0.15) is 0 Å². The van der Waals surface area contributed by atoms with Crippen LogP contribution < -0.4 is 10.2 Å². The Hall–Kier alpha value is -1.67. The van der Waals surface area contributed by atoms with Gasteiger partial charge in [-0.3, -0.25) is 10.1 Å². The average Bonchev–Trinajstić information content (AvgIpc) is 2.97. The van der Waals surface area contributed by atoms with E-state index in [4.69, 9.17) is 0 Å². The van der Waals surface area contributed by atoms with Crippen LogP contribution in [-0.2, 0) is 9.84 Å². The van der Waals surface area contributed by atoms with Crippen molar-refractivity contribution in [3.63, 3.8) is 0 Å². The summed E-state index contributed by atoms with van der Waals surface area (Å²) in [5, 5.41) is 13.5. The summed E-state index contributed by atoms with van der Waals surface area (Å²) in [4.78, 5) is 12.3. The maximum absolute atomic E-state index is 11.7. The molecule has 1 saturated heterocycles. The van der Waals surface area contributed by atoms with Crippen LogP contribution in [0.3, 0.4) is 0 Å². The topological polar surface area (TPSA) is 92.5 Å². The highest BCUT2D eigenvalue weighted by Crippen LogP contribution is 2.24. The predicted octanol–water partition coefficient (Wildman–Crippen LogP) is 1.20. The van der Waals surface area contributed by atoms with Crippen LogP contribution in [0.5, 0.6) is 0 Å². The third-order valence-electron chi connectivity index (χ3n) is 4.05. The Balaban J connectivity index is 2.25. The Kier molecular flexibility index (Phi) is 5.02. The zero-order valence-electron chi connectivity index (χ0n) is 12.7. The van der Waals surface area contributed by atoms with Gasteiger partial charge in [0.15, 0.2) is 9.84 Å². The van der Waals surface area contributed by atoms with Crippen molar-refractivity contribution in [1.29, 1.82) is 0 Å². The SMILES string of the molecule is CC(CN(c1ccc([N+](=O)[O-])cc1)[C@H]1CCNC1)S(C)(=O)=O. The number of rotatable bonds is 6. The van der Waals surface area contributed by atoms with E-state index in [-0.39, 0.29) is 11.7 Å². The number of hydrogen-bond acceptors (Lipinski definition) is 6. The largest absolute Gasteiger partial charge is 0.366 e. The minimum Gasteiger partial charge on any atom is -0.366 e. The molecule has 8 heteroatoms. The lowest BCUT2D eigenvalue weighted by molar-refractivity contribution is -0.384. The fraction of sp³-hybridized carbons (Fsp3) is 0.571. The normalized spacial score (nSPS) is 19.8. The summed E-state index contributed by atoms with van der Waals surface area (Å²) >= 11 is 0. The molecule has 1 aromatic rings. The third kappa shape index (κ3) is 3.95. The third-order valence-corrected chi connectivity index (χ3v) is 5.66. The van der Waals surface area contributed by atoms with E-state index in [1.165, 1.54) is 18.4 Å². The van der Waals surface area contributed by atoms with Crippen molar-refractivity contribution in [3.05, 3.63) is 34.4 Å². The second-order valence-electron chi connectivity index (χ2n) is 5.71. The van der Waals surface area contributed by atoms with Gasteiger partial charge in [0.25, 0.3) is 5.69 Å². The smallest absolute Gasteiger partial charge is 0.269 e. The Bertz CT molecular complexity index is 624. The molecule has 1 unspecified atom stereocenters. The monoisotopic (exact) mass is 327 g/mol. The van der Waals surface area contributed by atoms with Crippen molar-refractivity contribution < 1.29 is 13.3 Å². The highest BCUT2D eigenvalue weighted by Gasteiger charge is 2.27. The van der Waals surface area contributed by atoms with E-state index in [2.05, 4.69) is 5.32 Å². The van der Waals surface area contributed by atoms with E-state index in [9.17, 15) is 18.5 Å². The summed E-state index contributed by atoms with van der Waals surface area (Å²) in [6.07, 6.45) is 2.16. The molecule has 1 aliphatic heterocycles. The van der Waals surface area contributed by atoms with Gasteiger partial charge in [-0.25, -0.2) is 8.42 Å². The highest BCUT2D eigenvalue weighted by molar-refractivity contribution is 7.91. The van der Waals surface area contributed by atoms with Gasteiger partial charge in [0, 0.05) is 43.2 Å². The number of anilines is 1. The molecular formula is C14H21N3O4S. The molecule has 1 aliphatic rings. The Morgan fingerprint density at radius 2 is 2.05 bits per heavy atom. The fourth-order valence-electron chi connectivity index (χ4n) is 2.55. The van der Waals surface area contributed by atoms with E-state index in [0.29, 0.717) is 6.54 Å². The second-order valence-corrected chi connectivity index (χ2v) is 8.18. The molecule has 0 spiro atoms. The molecule has 0 aliphatic carbocycles. The quantitative estimate of drug-likeness (QED) is 0.623. The lowest BCUT2D eigenvalue weighted by atomic mass is 10.1. The first kappa shape index (κ1) is 16.7. The molecule has 0 radical (unpaired) electrons. The average molecular weight is 327 g/mol. The van der Waals surface area contributed by atoms with Gasteiger partial charge >= 0.3 is 0 Å². The van der Waals surface area contributed by atoms with E-state index >= 15 is 0 Å². The van der Waals surface area contributed by atoms with Crippen molar-refractivity contribution in [1.82, 2.24) is 5.32 Å². The summed E-state index contributed by atoms with van der Waals surface area (Å²) in [6, 6.07) is 6.48. The minimum atomic E-state index is -3.13. The van der Waals surface area contributed by atoms with Crippen LogP contribution in [0.2, 0.25) is 0 Å². The number of hydrogen-bond donors (Lipinski definition) is 1. The molecule has 2 rings (SSSR count). The van der Waals surface area contributed by atoms with Crippen LogP contribution in [0.1, 0.15) is 13.3 Å². The van der Waals surface area contributed by atoms with Crippen molar-refractivity contribution in [2.24, 2.45) is 0 Å². The van der Waals surface area contributed by atoms with Crippen molar-refractivity contribution in [2.45, 2.75) is 24.6 Å². The van der Waals surface area contributed by atoms with Crippen LogP contribution in [-0.4, -0.2) is 50.5 Å². The summed E-state index contributed by atoms with van der Waals surface area (Å²) in [7, 11) is -3.13. The molecule has 1 heterocycles. The van der Waals surface area contributed by atoms with E-state index in [1.807, 2.05) is 4.90 Å². The summed E-state index contributed by atoms with van der Waals surface area (Å²) in [6.45, 7) is 3.74. The molecule has 0 amide bonds. The highest BCUT2D eigenvalue weighted by atomic mass is 32.2. The Morgan fingerprint density at radius 1 is 1.41 bits per heavy atom. The number of sulfone groups is 1. The zero-order valence-corrected chi connectivity index (χ0v) is 13.5. The number of non-ortho nitro benzene ring substituents is 1. The molecule has 1 N–H and O–H groups in total. The number of nitro groups is 1. The fourth-order valence-corrected chi connectivity index (χ4v) is 2.98. The lowest BCUT2D eigenvalue weighted by Gasteiger charge is -2.32. The molecule has 0 bridgehead atoms. The summed E-state index contributed by atoms with van der Waals surface area (Å²) in [5.74, 6) is 0. The molecule has 2 atom stereocenters. The lowest BCUT2D eigenvalue weighted by Crippen LogP contribution is -2.43. The molecular weight excluding hydrogens is 306 g/mol. The Morgan fingerprint density at radius 3 is 2.50 bits per heavy atom. The second kappa shape index (κ2) is 6.62. The van der Waals surface area contributed by atoms with Crippen LogP contribution in [0.4, 0.5) is 11.4 Å². The first-order valence-electron chi connectivity index (χ1n) is 7.19. The van der Waals surface area contributed by atoms with E-state index in [1.54, 1.807) is 19.1 Å². The first-order valence-corrected chi connectivity index (χ1v) is 9.15. The van der Waals surface area contributed by atoms with Gasteiger partial charge in [0.2, 0.25) is 0 Å². The van der Waals surface area contributed by atoms with Crippen LogP contribution >= 0.6 is 0 Å². The molecule has 0 aromatic heterocycles. The van der Waals surface area contributed by atoms with Crippen LogP contribution in [0.15, 0.2) is 24.3 Å². The molecule has 22 heavy (non-hydrogen) atoms. The maximum Gasteiger partial charge on any atom is 0.269 e. The van der Waals surface area contributed by atoms with Gasteiger partial charge in [0.05, 0.1) is 10.2 Å². The molecule has 122 valence electrons. The summed E-state index contributed by atoms with van der Waals surface area (Å²) < 4.78 is 23.4. The Labute approximate surface area is 130 Å². The van der Waals surface area contributed by atoms with Gasteiger partial charge in [-0.2, -0.15) is 0 Å². The number of nitrogens with one attached hydrogen (secondary N) is 1. The molecule has 0 saturated carbocycles. The van der Waals surface area contributed by atoms with Gasteiger partial charge in [-0.15, -0.1) is 0 Å².